The molecule has 3 N–H and O–H groups in total. The van der Waals surface area contributed by atoms with Gasteiger partial charge in [0.05, 0.1) is 23.5 Å². The number of carbonyl (C=O) groups excluding carboxylic acids is 2. The van der Waals surface area contributed by atoms with Gasteiger partial charge in [-0.3, -0.25) is 4.79 Å². The van der Waals surface area contributed by atoms with E-state index in [1.165, 1.54) is 0 Å². The lowest BCUT2D eigenvalue weighted by Gasteiger charge is -2.17. The van der Waals surface area contributed by atoms with Gasteiger partial charge in [0.15, 0.2) is 0 Å². The molecule has 4 rings (SSSR count). The number of rotatable bonds is 10. The van der Waals surface area contributed by atoms with E-state index in [9.17, 15) is 9.59 Å². The van der Waals surface area contributed by atoms with E-state index >= 15 is 0 Å². The summed E-state index contributed by atoms with van der Waals surface area (Å²) in [5.41, 5.74) is 3.53. The Labute approximate surface area is 187 Å². The van der Waals surface area contributed by atoms with Gasteiger partial charge in [-0.05, 0) is 31.4 Å². The molecule has 2 aromatic heterocycles. The van der Waals surface area contributed by atoms with Crippen LogP contribution in [0.4, 0.5) is 0 Å². The van der Waals surface area contributed by atoms with Gasteiger partial charge in [0.1, 0.15) is 11.6 Å². The Morgan fingerprint density at radius 3 is 2.59 bits per heavy atom. The molecule has 0 fully saturated rings. The Morgan fingerprint density at radius 1 is 1.00 bits per heavy atom. The van der Waals surface area contributed by atoms with E-state index < -0.39 is 0 Å². The van der Waals surface area contributed by atoms with Crippen molar-refractivity contribution in [3.63, 3.8) is 0 Å². The van der Waals surface area contributed by atoms with Gasteiger partial charge in [-0.25, -0.2) is 4.98 Å². The number of nitrogens with one attached hydrogen (secondary N) is 3. The standard InChI is InChI=1S/C26H28N4O2/c1-18(31)10-4-2-7-15-23(25-28-17-24(29-25)19-11-5-3-6-12-19)30-26(32)21-16-27-22-14-9-8-13-20(21)22/h3,5-6,8-9,11-14,16-17,23,27H,2,4,7,10,15H2,1H3,(H,28,29)(H,30,32)/t23-/m0/s1. The van der Waals surface area contributed by atoms with Gasteiger partial charge in [0, 0.05) is 23.5 Å². The second-order valence-corrected chi connectivity index (χ2v) is 8.12. The van der Waals surface area contributed by atoms with Gasteiger partial charge in [-0.1, -0.05) is 61.4 Å². The number of H-pyrrole nitrogens is 2. The van der Waals surface area contributed by atoms with Crippen molar-refractivity contribution in [2.45, 2.75) is 45.1 Å². The zero-order valence-corrected chi connectivity index (χ0v) is 18.2. The van der Waals surface area contributed by atoms with Crippen molar-refractivity contribution in [3.8, 4) is 11.3 Å². The van der Waals surface area contributed by atoms with Crippen LogP contribution in [0.3, 0.4) is 0 Å². The van der Waals surface area contributed by atoms with E-state index in [2.05, 4.69) is 20.3 Å². The summed E-state index contributed by atoms with van der Waals surface area (Å²) in [6.07, 6.45) is 7.61. The highest BCUT2D eigenvalue weighted by Gasteiger charge is 2.20. The first-order chi connectivity index (χ1) is 15.6. The second kappa shape index (κ2) is 10.1. The summed E-state index contributed by atoms with van der Waals surface area (Å²) in [4.78, 5) is 35.5. The maximum atomic E-state index is 13.1. The summed E-state index contributed by atoms with van der Waals surface area (Å²) in [6, 6.07) is 17.5. The monoisotopic (exact) mass is 428 g/mol. The van der Waals surface area contributed by atoms with Crippen molar-refractivity contribution < 1.29 is 9.59 Å². The highest BCUT2D eigenvalue weighted by molar-refractivity contribution is 6.06. The van der Waals surface area contributed by atoms with E-state index in [0.717, 1.165) is 53.7 Å². The summed E-state index contributed by atoms with van der Waals surface area (Å²) >= 11 is 0. The molecule has 6 nitrogen and oxygen atoms in total. The molecular weight excluding hydrogens is 400 g/mol. The third kappa shape index (κ3) is 5.14. The predicted molar refractivity (Wildman–Crippen MR) is 126 cm³/mol. The van der Waals surface area contributed by atoms with E-state index in [4.69, 9.17) is 0 Å². The van der Waals surface area contributed by atoms with Gasteiger partial charge < -0.3 is 20.1 Å². The number of ketones is 1. The van der Waals surface area contributed by atoms with Crippen LogP contribution in [0.5, 0.6) is 0 Å². The number of carbonyl (C=O) groups is 2. The fourth-order valence-corrected chi connectivity index (χ4v) is 3.95. The Kier molecular flexibility index (Phi) is 6.80. The molecule has 6 heteroatoms. The van der Waals surface area contributed by atoms with Gasteiger partial charge in [-0.15, -0.1) is 0 Å². The van der Waals surface area contributed by atoms with E-state index in [-0.39, 0.29) is 17.7 Å². The zero-order chi connectivity index (χ0) is 22.3. The van der Waals surface area contributed by atoms with Crippen LogP contribution in [-0.2, 0) is 4.79 Å². The number of Topliss-reactive ketones (excluding diaryl/α,β-unsaturated/α-hetero) is 1. The molecule has 1 atom stereocenters. The van der Waals surface area contributed by atoms with Crippen LogP contribution >= 0.6 is 0 Å². The number of benzene rings is 2. The SMILES string of the molecule is CC(=O)CCCCC[C@H](NC(=O)c1c[nH]c2ccccc12)c1ncc(-c2ccccc2)[nH]1. The normalized spacial score (nSPS) is 12.0. The fraction of sp³-hybridized carbons (Fsp3) is 0.269. The topological polar surface area (TPSA) is 90.6 Å². The summed E-state index contributed by atoms with van der Waals surface area (Å²) in [5, 5.41) is 4.07. The van der Waals surface area contributed by atoms with Crippen molar-refractivity contribution in [1.82, 2.24) is 20.3 Å². The second-order valence-electron chi connectivity index (χ2n) is 8.12. The van der Waals surface area contributed by atoms with Crippen LogP contribution in [0.2, 0.25) is 0 Å². The smallest absolute Gasteiger partial charge is 0.254 e. The van der Waals surface area contributed by atoms with Crippen LogP contribution in [0.25, 0.3) is 22.2 Å². The molecule has 0 unspecified atom stereocenters. The summed E-state index contributed by atoms with van der Waals surface area (Å²) in [6.45, 7) is 1.62. The lowest BCUT2D eigenvalue weighted by molar-refractivity contribution is -0.117. The van der Waals surface area contributed by atoms with Gasteiger partial charge >= 0.3 is 0 Å². The highest BCUT2D eigenvalue weighted by Crippen LogP contribution is 2.24. The average Bonchev–Trinajstić information content (AvgIpc) is 3.46. The van der Waals surface area contributed by atoms with Crippen molar-refractivity contribution >= 4 is 22.6 Å². The Hall–Kier alpha value is -3.67. The van der Waals surface area contributed by atoms with E-state index in [1.807, 2.05) is 60.8 Å². The minimum Gasteiger partial charge on any atom is -0.360 e. The molecule has 1 amide bonds. The molecule has 2 aromatic carbocycles. The quantitative estimate of drug-likeness (QED) is 0.288. The van der Waals surface area contributed by atoms with Gasteiger partial charge in [0.2, 0.25) is 0 Å². The minimum atomic E-state index is -0.244. The Bertz CT molecular complexity index is 1190. The molecule has 0 aliphatic heterocycles. The van der Waals surface area contributed by atoms with Crippen LogP contribution in [0.1, 0.15) is 61.3 Å². The van der Waals surface area contributed by atoms with Crippen LogP contribution < -0.4 is 5.32 Å². The Morgan fingerprint density at radius 2 is 1.78 bits per heavy atom. The van der Waals surface area contributed by atoms with Crippen molar-refractivity contribution in [2.24, 2.45) is 0 Å². The molecule has 0 aliphatic rings. The zero-order valence-electron chi connectivity index (χ0n) is 18.2. The number of imidazole rings is 1. The largest absolute Gasteiger partial charge is 0.360 e. The number of unbranched alkanes of at least 4 members (excludes halogenated alkanes) is 2. The Balaban J connectivity index is 1.51. The van der Waals surface area contributed by atoms with Crippen molar-refractivity contribution in [3.05, 3.63) is 78.4 Å². The molecule has 0 radical (unpaired) electrons. The number of amides is 1. The molecular formula is C26H28N4O2. The summed E-state index contributed by atoms with van der Waals surface area (Å²) in [7, 11) is 0. The number of hydrogen-bond donors (Lipinski definition) is 3. The molecule has 0 saturated carbocycles. The van der Waals surface area contributed by atoms with Crippen LogP contribution in [0, 0.1) is 0 Å². The predicted octanol–water partition coefficient (Wildman–Crippen LogP) is 5.57. The van der Waals surface area contributed by atoms with Crippen LogP contribution in [0.15, 0.2) is 67.0 Å². The third-order valence-electron chi connectivity index (χ3n) is 5.67. The van der Waals surface area contributed by atoms with E-state index in [0.29, 0.717) is 12.0 Å². The van der Waals surface area contributed by atoms with E-state index in [1.54, 1.807) is 13.1 Å². The minimum absolute atomic E-state index is 0.131. The summed E-state index contributed by atoms with van der Waals surface area (Å²) in [5.74, 6) is 0.824. The first-order valence-electron chi connectivity index (χ1n) is 11.1. The molecule has 164 valence electrons. The lowest BCUT2D eigenvalue weighted by Crippen LogP contribution is -2.29. The number of para-hydroxylation sites is 1. The number of nitrogens with zero attached hydrogens (tertiary/aromatic N) is 1. The number of fused-ring (bicyclic) bond motifs is 1. The molecule has 0 bridgehead atoms. The molecule has 0 spiro atoms. The number of aromatic nitrogens is 3. The van der Waals surface area contributed by atoms with Crippen LogP contribution in [-0.4, -0.2) is 26.6 Å². The molecule has 0 aliphatic carbocycles. The molecule has 32 heavy (non-hydrogen) atoms. The summed E-state index contributed by atoms with van der Waals surface area (Å²) < 4.78 is 0. The molecule has 2 heterocycles. The molecule has 0 saturated heterocycles. The highest BCUT2D eigenvalue weighted by atomic mass is 16.1. The lowest BCUT2D eigenvalue weighted by atomic mass is 10.0. The fourth-order valence-electron chi connectivity index (χ4n) is 3.95. The molecule has 4 aromatic rings. The van der Waals surface area contributed by atoms with Crippen molar-refractivity contribution in [2.75, 3.05) is 0 Å². The number of aromatic amines is 2. The van der Waals surface area contributed by atoms with Gasteiger partial charge in [-0.2, -0.15) is 0 Å². The number of hydrogen-bond acceptors (Lipinski definition) is 3. The third-order valence-corrected chi connectivity index (χ3v) is 5.67. The van der Waals surface area contributed by atoms with Gasteiger partial charge in [0.25, 0.3) is 5.91 Å². The van der Waals surface area contributed by atoms with Crippen molar-refractivity contribution in [1.29, 1.82) is 0 Å². The first kappa shape index (κ1) is 21.6. The maximum absolute atomic E-state index is 13.1. The first-order valence-corrected chi connectivity index (χ1v) is 11.1. The maximum Gasteiger partial charge on any atom is 0.254 e. The average molecular weight is 429 g/mol.